The standard InChI is InChI=1S/C24H21F3N4O3/c25-24(26,27)18-6-7-21(29-15-18)34-19-4-1-3-17(14-19)13-16-8-11-31(12-9-16)23(33)30-22-20(32)5-2-10-28-22/h1-7,10,13-15,32H,8-9,11-12H2,(H,28,30,33). The van der Waals surface area contributed by atoms with Gasteiger partial charge < -0.3 is 14.7 Å². The number of benzene rings is 1. The maximum Gasteiger partial charge on any atom is 0.417 e. The fraction of sp³-hybridized carbons (Fsp3) is 0.208. The van der Waals surface area contributed by atoms with Gasteiger partial charge in [0.25, 0.3) is 0 Å². The normalized spacial score (nSPS) is 14.0. The third-order valence-electron chi connectivity index (χ3n) is 5.22. The zero-order valence-electron chi connectivity index (χ0n) is 17.9. The number of carbonyl (C=O) groups excluding carboxylic acids is 1. The van der Waals surface area contributed by atoms with E-state index in [-0.39, 0.29) is 23.5 Å². The van der Waals surface area contributed by atoms with Crippen LogP contribution in [0, 0.1) is 0 Å². The molecule has 0 radical (unpaired) electrons. The van der Waals surface area contributed by atoms with Crippen molar-refractivity contribution in [3.8, 4) is 17.4 Å². The number of amides is 2. The van der Waals surface area contributed by atoms with Gasteiger partial charge in [0, 0.05) is 31.5 Å². The molecule has 1 fully saturated rings. The summed E-state index contributed by atoms with van der Waals surface area (Å²) in [6.45, 7) is 1.02. The van der Waals surface area contributed by atoms with Gasteiger partial charge >= 0.3 is 12.2 Å². The van der Waals surface area contributed by atoms with Crippen molar-refractivity contribution in [3.63, 3.8) is 0 Å². The number of hydrogen-bond acceptors (Lipinski definition) is 5. The number of alkyl halides is 3. The third-order valence-corrected chi connectivity index (χ3v) is 5.22. The Morgan fingerprint density at radius 2 is 1.88 bits per heavy atom. The molecule has 1 saturated heterocycles. The van der Waals surface area contributed by atoms with E-state index in [0.29, 0.717) is 31.7 Å². The molecule has 1 aromatic carbocycles. The van der Waals surface area contributed by atoms with Crippen molar-refractivity contribution in [1.82, 2.24) is 14.9 Å². The monoisotopic (exact) mass is 470 g/mol. The molecule has 1 aliphatic rings. The molecule has 0 saturated carbocycles. The van der Waals surface area contributed by atoms with Gasteiger partial charge in [-0.1, -0.05) is 23.8 Å². The van der Waals surface area contributed by atoms with Crippen molar-refractivity contribution in [2.75, 3.05) is 18.4 Å². The molecule has 0 bridgehead atoms. The number of aromatic nitrogens is 2. The molecule has 0 aliphatic carbocycles. The number of aromatic hydroxyl groups is 1. The summed E-state index contributed by atoms with van der Waals surface area (Å²) in [7, 11) is 0. The molecule has 34 heavy (non-hydrogen) atoms. The van der Waals surface area contributed by atoms with Crippen molar-refractivity contribution >= 4 is 17.9 Å². The van der Waals surface area contributed by atoms with E-state index in [4.69, 9.17) is 4.74 Å². The number of nitrogens with zero attached hydrogens (tertiary/aromatic N) is 3. The topological polar surface area (TPSA) is 87.6 Å². The molecule has 10 heteroatoms. The fourth-order valence-corrected chi connectivity index (χ4v) is 3.45. The van der Waals surface area contributed by atoms with Crippen LogP contribution in [0.2, 0.25) is 0 Å². The molecular weight excluding hydrogens is 449 g/mol. The van der Waals surface area contributed by atoms with Gasteiger partial charge in [-0.05, 0) is 48.7 Å². The molecule has 4 rings (SSSR count). The Bertz CT molecular complexity index is 1190. The van der Waals surface area contributed by atoms with Crippen molar-refractivity contribution in [1.29, 1.82) is 0 Å². The van der Waals surface area contributed by atoms with Crippen LogP contribution in [0.3, 0.4) is 0 Å². The summed E-state index contributed by atoms with van der Waals surface area (Å²) < 4.78 is 43.6. The number of anilines is 1. The second-order valence-corrected chi connectivity index (χ2v) is 7.65. The summed E-state index contributed by atoms with van der Waals surface area (Å²) in [5.41, 5.74) is 1.18. The molecule has 2 N–H and O–H groups in total. The lowest BCUT2D eigenvalue weighted by atomic mass is 10.0. The minimum Gasteiger partial charge on any atom is -0.504 e. The Morgan fingerprint density at radius 1 is 1.09 bits per heavy atom. The second kappa shape index (κ2) is 9.82. The highest BCUT2D eigenvalue weighted by molar-refractivity contribution is 5.89. The van der Waals surface area contributed by atoms with E-state index in [1.54, 1.807) is 29.2 Å². The van der Waals surface area contributed by atoms with Crippen LogP contribution in [0.1, 0.15) is 24.0 Å². The molecule has 0 spiro atoms. The van der Waals surface area contributed by atoms with Crippen molar-refractivity contribution in [2.24, 2.45) is 0 Å². The van der Waals surface area contributed by atoms with Crippen LogP contribution in [0.5, 0.6) is 17.4 Å². The summed E-state index contributed by atoms with van der Waals surface area (Å²) in [4.78, 5) is 21.8. The number of carbonyl (C=O) groups is 1. The second-order valence-electron chi connectivity index (χ2n) is 7.65. The minimum atomic E-state index is -4.45. The summed E-state index contributed by atoms with van der Waals surface area (Å²) in [6.07, 6.45) is 1.12. The van der Waals surface area contributed by atoms with Gasteiger partial charge in [0.15, 0.2) is 11.6 Å². The van der Waals surface area contributed by atoms with Gasteiger partial charge in [0.2, 0.25) is 5.88 Å². The highest BCUT2D eigenvalue weighted by atomic mass is 19.4. The quantitative estimate of drug-likeness (QED) is 0.510. The number of urea groups is 1. The lowest BCUT2D eigenvalue weighted by Crippen LogP contribution is -2.39. The lowest BCUT2D eigenvalue weighted by molar-refractivity contribution is -0.137. The zero-order chi connectivity index (χ0) is 24.1. The summed E-state index contributed by atoms with van der Waals surface area (Å²) >= 11 is 0. The first-order valence-corrected chi connectivity index (χ1v) is 10.5. The molecule has 176 valence electrons. The molecule has 2 aromatic heterocycles. The summed E-state index contributed by atoms with van der Waals surface area (Å²) in [5.74, 6) is 0.542. The van der Waals surface area contributed by atoms with Crippen LogP contribution in [-0.2, 0) is 6.18 Å². The average Bonchev–Trinajstić information content (AvgIpc) is 2.81. The van der Waals surface area contributed by atoms with Crippen LogP contribution in [-0.4, -0.2) is 39.1 Å². The first kappa shape index (κ1) is 23.1. The van der Waals surface area contributed by atoms with Gasteiger partial charge in [-0.2, -0.15) is 13.2 Å². The number of piperidine rings is 1. The van der Waals surface area contributed by atoms with E-state index >= 15 is 0 Å². The Kier molecular flexibility index (Phi) is 6.67. The number of rotatable bonds is 4. The van der Waals surface area contributed by atoms with E-state index < -0.39 is 11.7 Å². The molecule has 7 nitrogen and oxygen atoms in total. The first-order valence-electron chi connectivity index (χ1n) is 10.5. The van der Waals surface area contributed by atoms with Gasteiger partial charge in [-0.25, -0.2) is 14.8 Å². The molecule has 3 heterocycles. The van der Waals surface area contributed by atoms with E-state index in [9.17, 15) is 23.1 Å². The zero-order valence-corrected chi connectivity index (χ0v) is 17.9. The Morgan fingerprint density at radius 3 is 2.56 bits per heavy atom. The highest BCUT2D eigenvalue weighted by Crippen LogP contribution is 2.30. The van der Waals surface area contributed by atoms with Crippen molar-refractivity contribution in [3.05, 3.63) is 77.6 Å². The first-order chi connectivity index (χ1) is 16.3. The highest BCUT2D eigenvalue weighted by Gasteiger charge is 2.30. The molecule has 3 aromatic rings. The van der Waals surface area contributed by atoms with E-state index in [0.717, 1.165) is 23.4 Å². The largest absolute Gasteiger partial charge is 0.504 e. The molecule has 1 aliphatic heterocycles. The maximum absolute atomic E-state index is 12.7. The number of pyridine rings is 2. The van der Waals surface area contributed by atoms with Crippen LogP contribution < -0.4 is 10.1 Å². The van der Waals surface area contributed by atoms with Crippen LogP contribution >= 0.6 is 0 Å². The van der Waals surface area contributed by atoms with Crippen molar-refractivity contribution < 1.29 is 27.8 Å². The Labute approximate surface area is 193 Å². The maximum atomic E-state index is 12.7. The predicted octanol–water partition coefficient (Wildman–Crippen LogP) is 5.70. The van der Waals surface area contributed by atoms with E-state index in [2.05, 4.69) is 15.3 Å². The Balaban J connectivity index is 1.35. The summed E-state index contributed by atoms with van der Waals surface area (Å²) in [5, 5.41) is 12.4. The SMILES string of the molecule is O=C(Nc1ncccc1O)N1CCC(=Cc2cccc(Oc3ccc(C(F)(F)F)cn3)c2)CC1. The molecule has 0 unspecified atom stereocenters. The number of hydrogen-bond donors (Lipinski definition) is 2. The summed E-state index contributed by atoms with van der Waals surface area (Å²) in [6, 6.07) is 11.9. The lowest BCUT2D eigenvalue weighted by Gasteiger charge is -2.28. The van der Waals surface area contributed by atoms with E-state index in [1.165, 1.54) is 18.3 Å². The van der Waals surface area contributed by atoms with Crippen LogP contribution in [0.25, 0.3) is 6.08 Å². The third kappa shape index (κ3) is 5.83. The van der Waals surface area contributed by atoms with Gasteiger partial charge in [0.1, 0.15) is 5.75 Å². The van der Waals surface area contributed by atoms with Crippen molar-refractivity contribution in [2.45, 2.75) is 19.0 Å². The van der Waals surface area contributed by atoms with E-state index in [1.807, 2.05) is 12.1 Å². The molecular formula is C24H21F3N4O3. The average molecular weight is 470 g/mol. The van der Waals surface area contributed by atoms with Gasteiger partial charge in [0.05, 0.1) is 5.56 Å². The number of halogens is 3. The predicted molar refractivity (Wildman–Crippen MR) is 119 cm³/mol. The molecule has 2 amide bonds. The number of likely N-dealkylation sites (tertiary alicyclic amines) is 1. The Hall–Kier alpha value is -4.08. The van der Waals surface area contributed by atoms with Gasteiger partial charge in [-0.15, -0.1) is 0 Å². The van der Waals surface area contributed by atoms with Gasteiger partial charge in [-0.3, -0.25) is 5.32 Å². The smallest absolute Gasteiger partial charge is 0.417 e. The van der Waals surface area contributed by atoms with Crippen LogP contribution in [0.4, 0.5) is 23.8 Å². The number of nitrogens with one attached hydrogen (secondary N) is 1. The minimum absolute atomic E-state index is 0.0658. The van der Waals surface area contributed by atoms with Crippen LogP contribution in [0.15, 0.2) is 66.5 Å². The number of ether oxygens (including phenoxy) is 1. The fourth-order valence-electron chi connectivity index (χ4n) is 3.45. The molecule has 0 atom stereocenters.